The Hall–Kier alpha value is -2.74. The van der Waals surface area contributed by atoms with Crippen LogP contribution < -0.4 is 5.32 Å². The van der Waals surface area contributed by atoms with Gasteiger partial charge in [-0.15, -0.1) is 0 Å². The first-order valence-electron chi connectivity index (χ1n) is 9.39. The molecule has 0 bridgehead atoms. The van der Waals surface area contributed by atoms with Gasteiger partial charge >= 0.3 is 0 Å². The van der Waals surface area contributed by atoms with E-state index in [2.05, 4.69) is 67.7 Å². The van der Waals surface area contributed by atoms with Gasteiger partial charge in [0, 0.05) is 17.2 Å². The lowest BCUT2D eigenvalue weighted by Crippen LogP contribution is -2.30. The Morgan fingerprint density at radius 2 is 1.73 bits per heavy atom. The molecule has 0 saturated carbocycles. The SMILES string of the molecule is Cc1ccc(C)c2c1NC(c1c(O)ccc3ccccc13)C1CC=CC21. The Balaban J connectivity index is 1.75. The van der Waals surface area contributed by atoms with Crippen molar-refractivity contribution in [1.82, 2.24) is 0 Å². The Morgan fingerprint density at radius 1 is 0.923 bits per heavy atom. The van der Waals surface area contributed by atoms with Crippen molar-refractivity contribution >= 4 is 16.5 Å². The van der Waals surface area contributed by atoms with Gasteiger partial charge in [0.2, 0.25) is 0 Å². The van der Waals surface area contributed by atoms with Crippen LogP contribution >= 0.6 is 0 Å². The monoisotopic (exact) mass is 341 g/mol. The summed E-state index contributed by atoms with van der Waals surface area (Å²) in [4.78, 5) is 0. The number of aryl methyl sites for hydroxylation is 2. The van der Waals surface area contributed by atoms with Gasteiger partial charge in [0.05, 0.1) is 6.04 Å². The Morgan fingerprint density at radius 3 is 2.62 bits per heavy atom. The number of hydrogen-bond acceptors (Lipinski definition) is 2. The van der Waals surface area contributed by atoms with Crippen LogP contribution in [0.1, 0.15) is 40.6 Å². The molecular weight excluding hydrogens is 318 g/mol. The summed E-state index contributed by atoms with van der Waals surface area (Å²) in [5.74, 6) is 1.23. The molecule has 2 N–H and O–H groups in total. The van der Waals surface area contributed by atoms with Crippen molar-refractivity contribution in [3.63, 3.8) is 0 Å². The molecular formula is C24H23NO. The van der Waals surface area contributed by atoms with Gasteiger partial charge in [-0.05, 0) is 59.7 Å². The average Bonchev–Trinajstić information content (AvgIpc) is 3.14. The summed E-state index contributed by atoms with van der Waals surface area (Å²) in [7, 11) is 0. The quantitative estimate of drug-likeness (QED) is 0.533. The summed E-state index contributed by atoms with van der Waals surface area (Å²) in [5, 5.41) is 16.9. The van der Waals surface area contributed by atoms with E-state index in [0.717, 1.165) is 17.4 Å². The summed E-state index contributed by atoms with van der Waals surface area (Å²) < 4.78 is 0. The summed E-state index contributed by atoms with van der Waals surface area (Å²) in [5.41, 5.74) is 6.33. The third kappa shape index (κ3) is 2.11. The third-order valence-corrected chi connectivity index (χ3v) is 6.20. The molecule has 0 aromatic heterocycles. The normalized spacial score (nSPS) is 23.5. The molecule has 0 radical (unpaired) electrons. The molecule has 3 aromatic rings. The van der Waals surface area contributed by atoms with E-state index < -0.39 is 0 Å². The fourth-order valence-corrected chi connectivity index (χ4v) is 4.94. The third-order valence-electron chi connectivity index (χ3n) is 6.20. The van der Waals surface area contributed by atoms with E-state index in [-0.39, 0.29) is 6.04 Å². The van der Waals surface area contributed by atoms with E-state index in [1.54, 1.807) is 0 Å². The van der Waals surface area contributed by atoms with Crippen LogP contribution in [0, 0.1) is 19.8 Å². The van der Waals surface area contributed by atoms with Crippen LogP contribution in [-0.4, -0.2) is 5.11 Å². The summed E-state index contributed by atoms with van der Waals surface area (Å²) >= 11 is 0. The molecule has 0 saturated heterocycles. The fraction of sp³-hybridized carbons (Fsp3) is 0.250. The molecule has 0 spiro atoms. The second-order valence-electron chi connectivity index (χ2n) is 7.68. The van der Waals surface area contributed by atoms with Crippen LogP contribution in [0.4, 0.5) is 5.69 Å². The molecule has 2 heteroatoms. The summed E-state index contributed by atoms with van der Waals surface area (Å²) in [6, 6.07) is 16.7. The number of allylic oxidation sites excluding steroid dienone is 2. The summed E-state index contributed by atoms with van der Waals surface area (Å²) in [6.07, 6.45) is 5.72. The standard InChI is InChI=1S/C24H23NO/c1-14-10-11-15(2)23-21(14)18-8-5-9-19(18)24(25-23)22-17-7-4-3-6-16(17)12-13-20(22)26/h3-8,10-13,18-19,24-26H,9H2,1-2H3. The first-order valence-corrected chi connectivity index (χ1v) is 9.39. The second-order valence-corrected chi connectivity index (χ2v) is 7.68. The lowest BCUT2D eigenvalue weighted by molar-refractivity contribution is 0.403. The first-order chi connectivity index (χ1) is 12.6. The molecule has 0 fully saturated rings. The van der Waals surface area contributed by atoms with Crippen molar-refractivity contribution in [3.05, 3.63) is 82.9 Å². The molecule has 0 amide bonds. The lowest BCUT2D eigenvalue weighted by atomic mass is 9.74. The van der Waals surface area contributed by atoms with Crippen LogP contribution in [0.25, 0.3) is 10.8 Å². The van der Waals surface area contributed by atoms with Crippen LogP contribution in [0.5, 0.6) is 5.75 Å². The minimum absolute atomic E-state index is 0.106. The van der Waals surface area contributed by atoms with E-state index in [1.807, 2.05) is 12.1 Å². The number of phenols is 1. The lowest BCUT2D eigenvalue weighted by Gasteiger charge is -2.39. The maximum Gasteiger partial charge on any atom is 0.121 e. The molecule has 3 atom stereocenters. The predicted molar refractivity (Wildman–Crippen MR) is 108 cm³/mol. The molecule has 3 aromatic carbocycles. The summed E-state index contributed by atoms with van der Waals surface area (Å²) in [6.45, 7) is 4.38. The van der Waals surface area contributed by atoms with Crippen LogP contribution in [0.3, 0.4) is 0 Å². The van der Waals surface area contributed by atoms with Gasteiger partial charge in [0.15, 0.2) is 0 Å². The highest BCUT2D eigenvalue weighted by Crippen LogP contribution is 2.53. The van der Waals surface area contributed by atoms with E-state index in [9.17, 15) is 5.11 Å². The Kier molecular flexibility index (Phi) is 3.36. The largest absolute Gasteiger partial charge is 0.508 e. The number of hydrogen-bond donors (Lipinski definition) is 2. The average molecular weight is 341 g/mol. The van der Waals surface area contributed by atoms with E-state index in [0.29, 0.717) is 17.6 Å². The minimum Gasteiger partial charge on any atom is -0.508 e. The van der Waals surface area contributed by atoms with Gasteiger partial charge in [0.25, 0.3) is 0 Å². The molecule has 130 valence electrons. The van der Waals surface area contributed by atoms with Gasteiger partial charge in [-0.2, -0.15) is 0 Å². The molecule has 26 heavy (non-hydrogen) atoms. The number of anilines is 1. The number of nitrogens with one attached hydrogen (secondary N) is 1. The van der Waals surface area contributed by atoms with Gasteiger partial charge in [0.1, 0.15) is 5.75 Å². The van der Waals surface area contributed by atoms with Gasteiger partial charge in [-0.1, -0.05) is 54.6 Å². The highest BCUT2D eigenvalue weighted by molar-refractivity contribution is 5.89. The van der Waals surface area contributed by atoms with E-state index in [1.165, 1.54) is 27.8 Å². The second kappa shape index (κ2) is 5.63. The van der Waals surface area contributed by atoms with Crippen molar-refractivity contribution in [2.75, 3.05) is 5.32 Å². The van der Waals surface area contributed by atoms with Crippen molar-refractivity contribution < 1.29 is 5.11 Å². The van der Waals surface area contributed by atoms with E-state index in [4.69, 9.17) is 0 Å². The Labute approximate surface area is 154 Å². The van der Waals surface area contributed by atoms with Crippen molar-refractivity contribution in [3.8, 4) is 5.75 Å². The molecule has 2 aliphatic rings. The zero-order valence-electron chi connectivity index (χ0n) is 15.2. The Bertz CT molecular complexity index is 1050. The highest BCUT2D eigenvalue weighted by Gasteiger charge is 2.40. The molecule has 2 nitrogen and oxygen atoms in total. The van der Waals surface area contributed by atoms with Gasteiger partial charge < -0.3 is 10.4 Å². The van der Waals surface area contributed by atoms with Gasteiger partial charge in [-0.25, -0.2) is 0 Å². The first kappa shape index (κ1) is 15.5. The van der Waals surface area contributed by atoms with Crippen LogP contribution in [-0.2, 0) is 0 Å². The molecule has 1 aliphatic carbocycles. The number of fused-ring (bicyclic) bond motifs is 4. The number of phenolic OH excluding ortho intramolecular Hbond substituents is 1. The van der Waals surface area contributed by atoms with Gasteiger partial charge in [-0.3, -0.25) is 0 Å². The smallest absolute Gasteiger partial charge is 0.121 e. The number of aromatic hydroxyl groups is 1. The van der Waals surface area contributed by atoms with Crippen LogP contribution in [0.2, 0.25) is 0 Å². The molecule has 5 rings (SSSR count). The molecule has 1 aliphatic heterocycles. The fourth-order valence-electron chi connectivity index (χ4n) is 4.94. The van der Waals surface area contributed by atoms with Crippen molar-refractivity contribution in [2.24, 2.45) is 5.92 Å². The minimum atomic E-state index is 0.106. The van der Waals surface area contributed by atoms with Crippen LogP contribution in [0.15, 0.2) is 60.7 Å². The maximum atomic E-state index is 10.8. The highest BCUT2D eigenvalue weighted by atomic mass is 16.3. The zero-order chi connectivity index (χ0) is 17.8. The molecule has 3 unspecified atom stereocenters. The van der Waals surface area contributed by atoms with Crippen molar-refractivity contribution in [1.29, 1.82) is 0 Å². The van der Waals surface area contributed by atoms with Crippen molar-refractivity contribution in [2.45, 2.75) is 32.2 Å². The number of benzene rings is 3. The van der Waals surface area contributed by atoms with E-state index >= 15 is 0 Å². The maximum absolute atomic E-state index is 10.8. The topological polar surface area (TPSA) is 32.3 Å². The molecule has 1 heterocycles. The number of rotatable bonds is 1. The zero-order valence-corrected chi connectivity index (χ0v) is 15.2. The predicted octanol–water partition coefficient (Wildman–Crippen LogP) is 5.99.